The SMILES string of the molecule is [CH2]Cc1nc2ncncc2[nH]1. The molecule has 0 saturated carbocycles. The quantitative estimate of drug-likeness (QED) is 0.646. The average molecular weight is 147 g/mol. The van der Waals surface area contributed by atoms with Crippen LogP contribution >= 0.6 is 0 Å². The van der Waals surface area contributed by atoms with Crippen molar-refractivity contribution in [3.8, 4) is 0 Å². The lowest BCUT2D eigenvalue weighted by molar-refractivity contribution is 1.07. The van der Waals surface area contributed by atoms with Crippen molar-refractivity contribution in [2.45, 2.75) is 6.42 Å². The van der Waals surface area contributed by atoms with Crippen LogP contribution < -0.4 is 0 Å². The van der Waals surface area contributed by atoms with E-state index in [0.717, 1.165) is 11.3 Å². The number of imidazole rings is 1. The zero-order chi connectivity index (χ0) is 7.68. The van der Waals surface area contributed by atoms with Crippen LogP contribution in [0.3, 0.4) is 0 Å². The number of nitrogens with one attached hydrogen (secondary N) is 1. The van der Waals surface area contributed by atoms with Crippen LogP contribution in [0.4, 0.5) is 0 Å². The second-order valence-electron chi connectivity index (χ2n) is 2.19. The van der Waals surface area contributed by atoms with Gasteiger partial charge in [0.2, 0.25) is 0 Å². The molecule has 0 spiro atoms. The lowest BCUT2D eigenvalue weighted by Gasteiger charge is -1.81. The molecule has 55 valence electrons. The summed E-state index contributed by atoms with van der Waals surface area (Å²) in [6, 6.07) is 0. The Kier molecular flexibility index (Phi) is 1.31. The highest BCUT2D eigenvalue weighted by Gasteiger charge is 1.99. The molecule has 0 aliphatic rings. The largest absolute Gasteiger partial charge is 0.339 e. The van der Waals surface area contributed by atoms with Crippen LogP contribution in [0.2, 0.25) is 0 Å². The zero-order valence-electron chi connectivity index (χ0n) is 5.91. The molecule has 4 heteroatoms. The van der Waals surface area contributed by atoms with E-state index in [9.17, 15) is 0 Å². The van der Waals surface area contributed by atoms with Crippen molar-refractivity contribution in [2.24, 2.45) is 0 Å². The fourth-order valence-corrected chi connectivity index (χ4v) is 0.930. The van der Waals surface area contributed by atoms with E-state index >= 15 is 0 Å². The highest BCUT2D eigenvalue weighted by atomic mass is 15.0. The van der Waals surface area contributed by atoms with Gasteiger partial charge in [-0.1, -0.05) is 0 Å². The number of hydrogen-bond donors (Lipinski definition) is 1. The summed E-state index contributed by atoms with van der Waals surface area (Å²) in [5.41, 5.74) is 1.57. The van der Waals surface area contributed by atoms with Crippen LogP contribution in [0.25, 0.3) is 11.2 Å². The van der Waals surface area contributed by atoms with Gasteiger partial charge in [-0.15, -0.1) is 0 Å². The van der Waals surface area contributed by atoms with E-state index in [1.165, 1.54) is 6.33 Å². The highest BCUT2D eigenvalue weighted by Crippen LogP contribution is 2.05. The number of rotatable bonds is 1. The molecule has 0 fully saturated rings. The molecule has 0 saturated heterocycles. The minimum atomic E-state index is 0.649. The first kappa shape index (κ1) is 6.27. The standard InChI is InChI=1S/C7H7N4/c1-2-6-10-5-3-8-4-9-7(5)11-6/h3-4H,1-2H2,(H,8,9,10,11). The third kappa shape index (κ3) is 0.960. The van der Waals surface area contributed by atoms with Gasteiger partial charge in [0.1, 0.15) is 17.7 Å². The van der Waals surface area contributed by atoms with E-state index in [-0.39, 0.29) is 0 Å². The molecule has 0 bridgehead atoms. The molecule has 4 nitrogen and oxygen atoms in total. The molecule has 0 aliphatic heterocycles. The summed E-state index contributed by atoms with van der Waals surface area (Å²) in [4.78, 5) is 15.0. The van der Waals surface area contributed by atoms with Crippen molar-refractivity contribution < 1.29 is 0 Å². The maximum absolute atomic E-state index is 4.16. The van der Waals surface area contributed by atoms with Gasteiger partial charge in [-0.25, -0.2) is 15.0 Å². The number of nitrogens with zero attached hydrogens (tertiary/aromatic N) is 3. The first-order valence-corrected chi connectivity index (χ1v) is 3.34. The van der Waals surface area contributed by atoms with E-state index in [2.05, 4.69) is 26.9 Å². The highest BCUT2D eigenvalue weighted by molar-refractivity contribution is 5.68. The smallest absolute Gasteiger partial charge is 0.180 e. The molecule has 1 N–H and O–H groups in total. The Labute approximate surface area is 63.7 Å². The zero-order valence-corrected chi connectivity index (χ0v) is 5.91. The summed E-state index contributed by atoms with van der Waals surface area (Å²) >= 11 is 0. The van der Waals surface area contributed by atoms with Gasteiger partial charge < -0.3 is 4.98 Å². The number of fused-ring (bicyclic) bond motifs is 1. The van der Waals surface area contributed by atoms with Crippen molar-refractivity contribution >= 4 is 11.2 Å². The molecule has 0 atom stereocenters. The maximum atomic E-state index is 4.16. The summed E-state index contributed by atoms with van der Waals surface area (Å²) < 4.78 is 0. The Morgan fingerprint density at radius 3 is 3.18 bits per heavy atom. The molecule has 0 aromatic carbocycles. The summed E-state index contributed by atoms with van der Waals surface area (Å²) in [5, 5.41) is 0. The minimum absolute atomic E-state index is 0.649. The summed E-state index contributed by atoms with van der Waals surface area (Å²) in [6.07, 6.45) is 3.83. The van der Waals surface area contributed by atoms with Crippen LogP contribution in [0, 0.1) is 6.92 Å². The monoisotopic (exact) mass is 147 g/mol. The first-order valence-electron chi connectivity index (χ1n) is 3.34. The molecule has 2 aromatic heterocycles. The molecule has 0 amide bonds. The lowest BCUT2D eigenvalue weighted by Crippen LogP contribution is -1.80. The normalized spacial score (nSPS) is 10.6. The molecule has 2 aromatic rings. The third-order valence-electron chi connectivity index (χ3n) is 1.45. The second kappa shape index (κ2) is 2.30. The molecule has 11 heavy (non-hydrogen) atoms. The van der Waals surface area contributed by atoms with Crippen molar-refractivity contribution in [3.05, 3.63) is 25.3 Å². The van der Waals surface area contributed by atoms with Gasteiger partial charge >= 0.3 is 0 Å². The fourth-order valence-electron chi connectivity index (χ4n) is 0.930. The van der Waals surface area contributed by atoms with Gasteiger partial charge in [-0.2, -0.15) is 0 Å². The van der Waals surface area contributed by atoms with Crippen molar-refractivity contribution in [2.75, 3.05) is 0 Å². The maximum Gasteiger partial charge on any atom is 0.180 e. The molecular weight excluding hydrogens is 140 g/mol. The molecule has 0 aliphatic carbocycles. The fraction of sp³-hybridized carbons (Fsp3) is 0.143. The number of H-pyrrole nitrogens is 1. The third-order valence-corrected chi connectivity index (χ3v) is 1.45. The molecule has 2 heterocycles. The Bertz CT molecular complexity index is 332. The Morgan fingerprint density at radius 1 is 1.55 bits per heavy atom. The number of aromatic nitrogens is 4. The van der Waals surface area contributed by atoms with Crippen LogP contribution in [0.5, 0.6) is 0 Å². The van der Waals surface area contributed by atoms with Crippen molar-refractivity contribution in [3.63, 3.8) is 0 Å². The summed E-state index contributed by atoms with van der Waals surface area (Å²) in [7, 11) is 0. The Balaban J connectivity index is 2.69. The van der Waals surface area contributed by atoms with Crippen LogP contribution in [0.15, 0.2) is 12.5 Å². The molecular formula is C7H7N4. The average Bonchev–Trinajstić information content (AvgIpc) is 2.46. The van der Waals surface area contributed by atoms with E-state index < -0.39 is 0 Å². The first-order chi connectivity index (χ1) is 5.40. The molecule has 2 rings (SSSR count). The van der Waals surface area contributed by atoms with Crippen LogP contribution in [-0.2, 0) is 6.42 Å². The molecule has 0 unspecified atom stereocenters. The van der Waals surface area contributed by atoms with Gasteiger partial charge in [0, 0.05) is 6.42 Å². The van der Waals surface area contributed by atoms with E-state index in [4.69, 9.17) is 0 Å². The Morgan fingerprint density at radius 2 is 2.45 bits per heavy atom. The van der Waals surface area contributed by atoms with Gasteiger partial charge in [0.05, 0.1) is 6.20 Å². The van der Waals surface area contributed by atoms with Crippen LogP contribution in [-0.4, -0.2) is 19.9 Å². The second-order valence-corrected chi connectivity index (χ2v) is 2.19. The van der Waals surface area contributed by atoms with Gasteiger partial charge in [-0.3, -0.25) is 0 Å². The number of aromatic amines is 1. The van der Waals surface area contributed by atoms with Crippen LogP contribution in [0.1, 0.15) is 5.82 Å². The van der Waals surface area contributed by atoms with Gasteiger partial charge in [0.25, 0.3) is 0 Å². The Hall–Kier alpha value is -1.45. The van der Waals surface area contributed by atoms with Crippen molar-refractivity contribution in [1.82, 2.24) is 19.9 Å². The predicted octanol–water partition coefficient (Wildman–Crippen LogP) is 0.729. The summed E-state index contributed by atoms with van der Waals surface area (Å²) in [5.74, 6) is 0.848. The lowest BCUT2D eigenvalue weighted by atomic mass is 10.5. The van der Waals surface area contributed by atoms with E-state index in [0.29, 0.717) is 12.1 Å². The minimum Gasteiger partial charge on any atom is -0.339 e. The summed E-state index contributed by atoms with van der Waals surface area (Å²) in [6.45, 7) is 3.71. The predicted molar refractivity (Wildman–Crippen MR) is 40.7 cm³/mol. The van der Waals surface area contributed by atoms with Gasteiger partial charge in [0.15, 0.2) is 5.65 Å². The van der Waals surface area contributed by atoms with E-state index in [1.807, 2.05) is 0 Å². The topological polar surface area (TPSA) is 54.5 Å². The molecule has 1 radical (unpaired) electrons. The van der Waals surface area contributed by atoms with Gasteiger partial charge in [-0.05, 0) is 6.92 Å². The number of hydrogen-bond acceptors (Lipinski definition) is 3. The van der Waals surface area contributed by atoms with E-state index in [1.54, 1.807) is 6.20 Å². The van der Waals surface area contributed by atoms with Crippen molar-refractivity contribution in [1.29, 1.82) is 0 Å².